The van der Waals surface area contributed by atoms with Gasteiger partial charge >= 0.3 is 12.0 Å². The number of nitrogens with one attached hydrogen (secondary N) is 1. The number of carbonyl (C=O) groups is 3. The van der Waals surface area contributed by atoms with Crippen LogP contribution in [-0.2, 0) is 4.79 Å². The zero-order valence-electron chi connectivity index (χ0n) is 22.5. The number of halogens is 1. The summed E-state index contributed by atoms with van der Waals surface area (Å²) in [5, 5.41) is 13.6. The van der Waals surface area contributed by atoms with Gasteiger partial charge in [-0.05, 0) is 54.4 Å². The number of ketones is 1. The molecule has 1 fully saturated rings. The van der Waals surface area contributed by atoms with Gasteiger partial charge in [-0.25, -0.2) is 14.0 Å². The average molecular weight is 553 g/mol. The van der Waals surface area contributed by atoms with Crippen LogP contribution in [-0.4, -0.2) is 40.4 Å². The second-order valence-corrected chi connectivity index (χ2v) is 10.1. The predicted molar refractivity (Wildman–Crippen MR) is 152 cm³/mol. The van der Waals surface area contributed by atoms with Gasteiger partial charge in [0.15, 0.2) is 5.78 Å². The van der Waals surface area contributed by atoms with Crippen molar-refractivity contribution in [2.45, 2.75) is 24.4 Å². The van der Waals surface area contributed by atoms with Gasteiger partial charge < -0.3 is 15.2 Å². The molecule has 4 atom stereocenters. The van der Waals surface area contributed by atoms with E-state index < -0.39 is 41.2 Å². The van der Waals surface area contributed by atoms with Gasteiger partial charge in [0, 0.05) is 17.2 Å². The van der Waals surface area contributed by atoms with E-state index in [1.807, 2.05) is 6.07 Å². The number of nitrogens with zero attached hydrogens (tertiary/aromatic N) is 1. The van der Waals surface area contributed by atoms with Crippen molar-refractivity contribution in [3.63, 3.8) is 0 Å². The Morgan fingerprint density at radius 2 is 1.41 bits per heavy atom. The largest absolute Gasteiger partial charge is 0.497 e. The fourth-order valence-electron chi connectivity index (χ4n) is 5.86. The molecular formula is C33H29FN2O5. The van der Waals surface area contributed by atoms with Gasteiger partial charge in [-0.3, -0.25) is 9.69 Å². The Balaban J connectivity index is 1.75. The van der Waals surface area contributed by atoms with E-state index >= 15 is 0 Å². The number of methoxy groups -OCH3 is 1. The fraction of sp³-hybridized carbons (Fsp3) is 0.182. The highest BCUT2D eigenvalue weighted by molar-refractivity contribution is 6.03. The van der Waals surface area contributed by atoms with Gasteiger partial charge in [0.05, 0.1) is 19.1 Å². The summed E-state index contributed by atoms with van der Waals surface area (Å²) < 4.78 is 18.9. The van der Waals surface area contributed by atoms with Crippen molar-refractivity contribution in [2.75, 3.05) is 12.4 Å². The molecule has 4 aromatic carbocycles. The molecule has 41 heavy (non-hydrogen) atoms. The van der Waals surface area contributed by atoms with E-state index in [0.717, 1.165) is 0 Å². The maximum atomic E-state index is 14.4. The summed E-state index contributed by atoms with van der Waals surface area (Å²) in [4.78, 5) is 43.1. The third kappa shape index (κ3) is 5.04. The van der Waals surface area contributed by atoms with Gasteiger partial charge in [-0.1, -0.05) is 72.8 Å². The lowest BCUT2D eigenvalue weighted by Gasteiger charge is -2.37. The molecule has 1 saturated heterocycles. The molecule has 0 saturated carbocycles. The summed E-state index contributed by atoms with van der Waals surface area (Å²) in [5.74, 6) is -3.34. The van der Waals surface area contributed by atoms with Crippen LogP contribution < -0.4 is 10.1 Å². The van der Waals surface area contributed by atoms with E-state index in [1.54, 1.807) is 78.9 Å². The number of hydrogen-bond donors (Lipinski definition) is 2. The van der Waals surface area contributed by atoms with Gasteiger partial charge in [-0.2, -0.15) is 0 Å². The molecule has 7 nitrogen and oxygen atoms in total. The zero-order chi connectivity index (χ0) is 29.1. The minimum Gasteiger partial charge on any atom is -0.497 e. The van der Waals surface area contributed by atoms with E-state index in [-0.39, 0.29) is 11.5 Å². The normalized spacial score (nSPS) is 21.7. The van der Waals surface area contributed by atoms with E-state index in [0.29, 0.717) is 22.4 Å². The maximum absolute atomic E-state index is 14.4. The summed E-state index contributed by atoms with van der Waals surface area (Å²) in [7, 11) is 1.53. The molecule has 1 aliphatic heterocycles. The monoisotopic (exact) mass is 552 g/mol. The fourth-order valence-corrected chi connectivity index (χ4v) is 5.86. The highest BCUT2D eigenvalue weighted by Gasteiger charge is 2.65. The first kappa shape index (κ1) is 27.6. The third-order valence-electron chi connectivity index (χ3n) is 7.81. The summed E-state index contributed by atoms with van der Waals surface area (Å²) >= 11 is 0. The molecule has 8 heteroatoms. The Kier molecular flexibility index (Phi) is 7.57. The van der Waals surface area contributed by atoms with E-state index in [2.05, 4.69) is 5.32 Å². The Bertz CT molecular complexity index is 1540. The maximum Gasteiger partial charge on any atom is 0.330 e. The molecule has 1 aliphatic rings. The van der Waals surface area contributed by atoms with Crippen LogP contribution in [0.2, 0.25) is 0 Å². The lowest BCUT2D eigenvalue weighted by Crippen LogP contribution is -2.55. The first-order valence-corrected chi connectivity index (χ1v) is 13.1. The molecule has 0 aromatic heterocycles. The minimum absolute atomic E-state index is 0.284. The van der Waals surface area contributed by atoms with Crippen LogP contribution in [0, 0.1) is 11.7 Å². The van der Waals surface area contributed by atoms with Crippen molar-refractivity contribution < 1.29 is 28.6 Å². The summed E-state index contributed by atoms with van der Waals surface area (Å²) in [6.07, 6.45) is 0. The van der Waals surface area contributed by atoms with Crippen molar-refractivity contribution in [3.8, 4) is 5.75 Å². The Morgan fingerprint density at radius 3 is 1.98 bits per heavy atom. The van der Waals surface area contributed by atoms with Crippen LogP contribution in [0.1, 0.15) is 40.4 Å². The number of ether oxygens (including phenoxy) is 1. The predicted octanol–water partition coefficient (Wildman–Crippen LogP) is 6.55. The number of benzene rings is 4. The number of carbonyl (C=O) groups excluding carboxylic acids is 2. The topological polar surface area (TPSA) is 95.9 Å². The molecule has 0 radical (unpaired) electrons. The average Bonchev–Trinajstić information content (AvgIpc) is 3.29. The van der Waals surface area contributed by atoms with E-state index in [9.17, 15) is 23.9 Å². The molecule has 4 aromatic rings. The smallest absolute Gasteiger partial charge is 0.330 e. The number of urea groups is 1. The summed E-state index contributed by atoms with van der Waals surface area (Å²) in [6, 6.07) is 28.0. The molecule has 4 unspecified atom stereocenters. The standard InChI is InChI=1S/C33H29FN2O5/c1-33(31(38)39)28(21-9-5-3-6-10-21)27(30(37)23-11-7-4-8-12-23)29(22-13-19-26(41-2)20-14-22)36(33)32(40)35-25-17-15-24(34)16-18-25/h3-20,27-29H,1-2H3,(H,35,40)(H,38,39). The highest BCUT2D eigenvalue weighted by Crippen LogP contribution is 2.56. The number of amides is 2. The number of hydrogen-bond acceptors (Lipinski definition) is 4. The molecular weight excluding hydrogens is 523 g/mol. The summed E-state index contributed by atoms with van der Waals surface area (Å²) in [6.45, 7) is 1.48. The minimum atomic E-state index is -1.86. The Labute approximate surface area is 237 Å². The lowest BCUT2D eigenvalue weighted by atomic mass is 9.71. The second-order valence-electron chi connectivity index (χ2n) is 10.1. The quantitative estimate of drug-likeness (QED) is 0.254. The Hall–Kier alpha value is -4.98. The number of Topliss-reactive ketones (excluding diaryl/α,β-unsaturated/α-hetero) is 1. The van der Waals surface area contributed by atoms with E-state index in [4.69, 9.17) is 4.74 Å². The van der Waals surface area contributed by atoms with Crippen molar-refractivity contribution in [3.05, 3.63) is 132 Å². The van der Waals surface area contributed by atoms with Crippen molar-refractivity contribution in [1.82, 2.24) is 4.90 Å². The van der Waals surface area contributed by atoms with Crippen LogP contribution in [0.4, 0.5) is 14.9 Å². The van der Waals surface area contributed by atoms with Crippen LogP contribution in [0.3, 0.4) is 0 Å². The van der Waals surface area contributed by atoms with Gasteiger partial charge in [-0.15, -0.1) is 0 Å². The molecule has 0 bridgehead atoms. The number of rotatable bonds is 7. The number of carboxylic acids is 1. The van der Waals surface area contributed by atoms with Gasteiger partial charge in [0.2, 0.25) is 0 Å². The number of likely N-dealkylation sites (tertiary alicyclic amines) is 1. The number of anilines is 1. The van der Waals surface area contributed by atoms with Crippen molar-refractivity contribution in [1.29, 1.82) is 0 Å². The molecule has 2 amide bonds. The summed E-state index contributed by atoms with van der Waals surface area (Å²) in [5.41, 5.74) is 0.0187. The van der Waals surface area contributed by atoms with Crippen LogP contribution in [0.5, 0.6) is 5.75 Å². The van der Waals surface area contributed by atoms with Crippen LogP contribution >= 0.6 is 0 Å². The number of aliphatic carboxylic acids is 1. The SMILES string of the molecule is COc1ccc(C2C(C(=O)c3ccccc3)C(c3ccccc3)C(C)(C(=O)O)N2C(=O)Nc2ccc(F)cc2)cc1. The molecule has 1 heterocycles. The second kappa shape index (κ2) is 11.3. The van der Waals surface area contributed by atoms with Crippen LogP contribution in [0.15, 0.2) is 109 Å². The zero-order valence-corrected chi connectivity index (χ0v) is 22.5. The highest BCUT2D eigenvalue weighted by atomic mass is 19.1. The molecule has 0 spiro atoms. The molecule has 0 aliphatic carbocycles. The Morgan fingerprint density at radius 1 is 0.829 bits per heavy atom. The van der Waals surface area contributed by atoms with Crippen LogP contribution in [0.25, 0.3) is 0 Å². The lowest BCUT2D eigenvalue weighted by molar-refractivity contribution is -0.148. The molecule has 208 valence electrons. The van der Waals surface area contributed by atoms with E-state index in [1.165, 1.54) is 43.2 Å². The van der Waals surface area contributed by atoms with Gasteiger partial charge in [0.1, 0.15) is 17.1 Å². The molecule has 5 rings (SSSR count). The van der Waals surface area contributed by atoms with Crippen molar-refractivity contribution in [2.24, 2.45) is 5.92 Å². The number of carboxylic acid groups (broad SMARTS) is 1. The first-order valence-electron chi connectivity index (χ1n) is 13.1. The third-order valence-corrected chi connectivity index (χ3v) is 7.81. The molecule has 2 N–H and O–H groups in total. The van der Waals surface area contributed by atoms with Crippen molar-refractivity contribution >= 4 is 23.5 Å². The first-order chi connectivity index (χ1) is 19.8. The van der Waals surface area contributed by atoms with Gasteiger partial charge in [0.25, 0.3) is 0 Å².